The van der Waals surface area contributed by atoms with Crippen LogP contribution in [0.15, 0.2) is 11.0 Å². The van der Waals surface area contributed by atoms with Gasteiger partial charge >= 0.3 is 12.3 Å². The number of esters is 1. The molecule has 1 rings (SSSR count). The Morgan fingerprint density at radius 1 is 1.47 bits per heavy atom. The molecule has 0 radical (unpaired) electrons. The van der Waals surface area contributed by atoms with Gasteiger partial charge in [0.1, 0.15) is 0 Å². The smallest absolute Gasteiger partial charge is 0.469 e. The normalized spacial score (nSPS) is 11.2. The standard InChI is InChI=1S/C10H9BrF3NO4/c1-18-7(16)2-5-4-15-6(3-11)9(8(5)17)19-10(12,13)14/h4H,2-3H2,1H3,(H,15,17). The summed E-state index contributed by atoms with van der Waals surface area (Å²) >= 11 is 2.93. The number of H-pyrrole nitrogens is 1. The van der Waals surface area contributed by atoms with Crippen molar-refractivity contribution in [1.29, 1.82) is 0 Å². The highest BCUT2D eigenvalue weighted by molar-refractivity contribution is 9.08. The summed E-state index contributed by atoms with van der Waals surface area (Å²) < 4.78 is 44.7. The minimum Gasteiger partial charge on any atom is -0.469 e. The summed E-state index contributed by atoms with van der Waals surface area (Å²) in [6.45, 7) is 0. The Balaban J connectivity index is 3.22. The lowest BCUT2D eigenvalue weighted by Gasteiger charge is -2.12. The highest BCUT2D eigenvalue weighted by Crippen LogP contribution is 2.24. The van der Waals surface area contributed by atoms with E-state index in [2.05, 4.69) is 30.4 Å². The van der Waals surface area contributed by atoms with Crippen LogP contribution in [0, 0.1) is 0 Å². The van der Waals surface area contributed by atoms with Crippen LogP contribution in [-0.2, 0) is 21.3 Å². The Kier molecular flexibility index (Phi) is 4.98. The lowest BCUT2D eigenvalue weighted by molar-refractivity contribution is -0.275. The van der Waals surface area contributed by atoms with Crippen LogP contribution in [0.1, 0.15) is 11.3 Å². The fraction of sp³-hybridized carbons (Fsp3) is 0.400. The molecule has 1 N–H and O–H groups in total. The van der Waals surface area contributed by atoms with Crippen molar-refractivity contribution in [3.8, 4) is 5.75 Å². The molecule has 1 heterocycles. The molecule has 106 valence electrons. The van der Waals surface area contributed by atoms with Crippen LogP contribution in [0.5, 0.6) is 5.75 Å². The monoisotopic (exact) mass is 343 g/mol. The zero-order chi connectivity index (χ0) is 14.6. The van der Waals surface area contributed by atoms with Crippen molar-refractivity contribution in [2.45, 2.75) is 18.1 Å². The molecule has 0 spiro atoms. The minimum atomic E-state index is -4.99. The fourth-order valence-corrected chi connectivity index (χ4v) is 1.69. The molecule has 19 heavy (non-hydrogen) atoms. The van der Waals surface area contributed by atoms with Gasteiger partial charge < -0.3 is 14.5 Å². The summed E-state index contributed by atoms with van der Waals surface area (Å²) in [5, 5.41) is -0.0356. The number of carbonyl (C=O) groups is 1. The molecule has 0 aliphatic rings. The summed E-state index contributed by atoms with van der Waals surface area (Å²) in [5.41, 5.74) is -1.25. The molecule has 0 atom stereocenters. The summed E-state index contributed by atoms with van der Waals surface area (Å²) in [5.74, 6) is -1.62. The summed E-state index contributed by atoms with van der Waals surface area (Å²) in [4.78, 5) is 25.3. The molecular weight excluding hydrogens is 335 g/mol. The van der Waals surface area contributed by atoms with Crippen LogP contribution in [0.3, 0.4) is 0 Å². The number of carbonyl (C=O) groups excluding carboxylic acids is 1. The van der Waals surface area contributed by atoms with Gasteiger partial charge in [0.2, 0.25) is 5.43 Å². The molecular formula is C10H9BrF3NO4. The van der Waals surface area contributed by atoms with Crippen molar-refractivity contribution in [2.24, 2.45) is 0 Å². The van der Waals surface area contributed by atoms with Gasteiger partial charge in [0.15, 0.2) is 5.75 Å². The minimum absolute atomic E-state index is 0.0356. The van der Waals surface area contributed by atoms with Crippen LogP contribution < -0.4 is 10.2 Å². The maximum Gasteiger partial charge on any atom is 0.573 e. The highest BCUT2D eigenvalue weighted by Gasteiger charge is 2.34. The molecule has 0 bridgehead atoms. The lowest BCUT2D eigenvalue weighted by Crippen LogP contribution is -2.26. The molecule has 0 unspecified atom stereocenters. The van der Waals surface area contributed by atoms with Crippen LogP contribution in [0.25, 0.3) is 0 Å². The van der Waals surface area contributed by atoms with Gasteiger partial charge in [0.25, 0.3) is 0 Å². The first-order valence-electron chi connectivity index (χ1n) is 4.90. The van der Waals surface area contributed by atoms with Gasteiger partial charge in [-0.25, -0.2) is 0 Å². The Morgan fingerprint density at radius 2 is 2.11 bits per heavy atom. The summed E-state index contributed by atoms with van der Waals surface area (Å²) in [6, 6.07) is 0. The van der Waals surface area contributed by atoms with Gasteiger partial charge in [-0.3, -0.25) is 9.59 Å². The maximum atomic E-state index is 12.2. The van der Waals surface area contributed by atoms with E-state index < -0.39 is 29.9 Å². The van der Waals surface area contributed by atoms with Crippen LogP contribution in [-0.4, -0.2) is 24.4 Å². The van der Waals surface area contributed by atoms with E-state index in [1.165, 1.54) is 0 Å². The highest BCUT2D eigenvalue weighted by atomic mass is 79.9. The van der Waals surface area contributed by atoms with Gasteiger partial charge in [0, 0.05) is 17.1 Å². The number of methoxy groups -OCH3 is 1. The number of halogens is 4. The number of hydrogen-bond acceptors (Lipinski definition) is 4. The average Bonchev–Trinajstić information content (AvgIpc) is 2.32. The van der Waals surface area contributed by atoms with Crippen molar-refractivity contribution in [3.63, 3.8) is 0 Å². The fourth-order valence-electron chi connectivity index (χ4n) is 1.27. The molecule has 0 aliphatic heterocycles. The number of aromatic amines is 1. The van der Waals surface area contributed by atoms with Crippen LogP contribution in [0.2, 0.25) is 0 Å². The first-order valence-corrected chi connectivity index (χ1v) is 6.02. The van der Waals surface area contributed by atoms with Gasteiger partial charge in [-0.2, -0.15) is 0 Å². The molecule has 1 aromatic heterocycles. The molecule has 0 amide bonds. The second-order valence-corrected chi connectivity index (χ2v) is 3.95. The zero-order valence-corrected chi connectivity index (χ0v) is 11.2. The van der Waals surface area contributed by atoms with E-state index in [0.717, 1.165) is 13.3 Å². The molecule has 0 aliphatic carbocycles. The van der Waals surface area contributed by atoms with Crippen LogP contribution in [0.4, 0.5) is 13.2 Å². The van der Waals surface area contributed by atoms with Crippen molar-refractivity contribution in [1.82, 2.24) is 4.98 Å². The third-order valence-corrected chi connectivity index (χ3v) is 2.67. The third-order valence-electron chi connectivity index (χ3n) is 2.11. The molecule has 0 aromatic carbocycles. The topological polar surface area (TPSA) is 68.4 Å². The van der Waals surface area contributed by atoms with Crippen molar-refractivity contribution in [2.75, 3.05) is 7.11 Å². The zero-order valence-electron chi connectivity index (χ0n) is 9.64. The number of hydrogen-bond donors (Lipinski definition) is 1. The van der Waals surface area contributed by atoms with Crippen molar-refractivity contribution < 1.29 is 27.4 Å². The summed E-state index contributed by atoms with van der Waals surface area (Å²) in [6.07, 6.45) is -4.28. The molecule has 0 saturated heterocycles. The van der Waals surface area contributed by atoms with E-state index in [-0.39, 0.29) is 16.6 Å². The largest absolute Gasteiger partial charge is 0.573 e. The van der Waals surface area contributed by atoms with E-state index in [0.29, 0.717) is 0 Å². The van der Waals surface area contributed by atoms with Gasteiger partial charge in [-0.05, 0) is 0 Å². The molecule has 1 aromatic rings. The third kappa shape index (κ3) is 4.27. The number of ether oxygens (including phenoxy) is 2. The van der Waals surface area contributed by atoms with Crippen molar-refractivity contribution in [3.05, 3.63) is 27.7 Å². The number of aromatic nitrogens is 1. The second kappa shape index (κ2) is 6.09. The number of nitrogens with one attached hydrogen (secondary N) is 1. The second-order valence-electron chi connectivity index (χ2n) is 3.39. The quantitative estimate of drug-likeness (QED) is 0.669. The van der Waals surface area contributed by atoms with E-state index in [1.807, 2.05) is 0 Å². The number of pyridine rings is 1. The predicted octanol–water partition coefficient (Wildman–Crippen LogP) is 1.88. The summed E-state index contributed by atoms with van der Waals surface area (Å²) in [7, 11) is 1.11. The van der Waals surface area contributed by atoms with Crippen LogP contribution >= 0.6 is 15.9 Å². The van der Waals surface area contributed by atoms with Crippen molar-refractivity contribution >= 4 is 21.9 Å². The molecule has 9 heteroatoms. The number of rotatable bonds is 4. The van der Waals surface area contributed by atoms with Gasteiger partial charge in [-0.1, -0.05) is 15.9 Å². The maximum absolute atomic E-state index is 12.2. The Bertz CT molecular complexity index is 526. The first kappa shape index (κ1) is 15.5. The van der Waals surface area contributed by atoms with Gasteiger partial charge in [-0.15, -0.1) is 13.2 Å². The number of alkyl halides is 4. The van der Waals surface area contributed by atoms with E-state index in [4.69, 9.17) is 0 Å². The Morgan fingerprint density at radius 3 is 2.58 bits per heavy atom. The predicted molar refractivity (Wildman–Crippen MR) is 62.1 cm³/mol. The molecule has 0 saturated carbocycles. The van der Waals surface area contributed by atoms with E-state index >= 15 is 0 Å². The lowest BCUT2D eigenvalue weighted by atomic mass is 10.2. The Labute approximate surface area is 113 Å². The first-order chi connectivity index (χ1) is 8.78. The van der Waals surface area contributed by atoms with Gasteiger partial charge in [0.05, 0.1) is 19.2 Å². The average molecular weight is 344 g/mol. The SMILES string of the molecule is COC(=O)Cc1c[nH]c(CBr)c(OC(F)(F)F)c1=O. The Hall–Kier alpha value is -1.51. The van der Waals surface area contributed by atoms with E-state index in [9.17, 15) is 22.8 Å². The van der Waals surface area contributed by atoms with E-state index in [1.54, 1.807) is 0 Å². The molecule has 0 fully saturated rings. The molecule has 5 nitrogen and oxygen atoms in total.